The van der Waals surface area contributed by atoms with Gasteiger partial charge in [-0.25, -0.2) is 4.99 Å². The van der Waals surface area contributed by atoms with Gasteiger partial charge in [0.05, 0.1) is 12.8 Å². The first-order chi connectivity index (χ1) is 15.1. The summed E-state index contributed by atoms with van der Waals surface area (Å²) in [7, 11) is 1.64. The second-order valence-electron chi connectivity index (χ2n) is 6.68. The number of ether oxygens (including phenoxy) is 1. The number of carbonyl (C=O) groups is 1. The van der Waals surface area contributed by atoms with Gasteiger partial charge in [-0.1, -0.05) is 25.5 Å². The molecule has 1 aromatic heterocycles. The van der Waals surface area contributed by atoms with E-state index in [0.29, 0.717) is 11.5 Å². The summed E-state index contributed by atoms with van der Waals surface area (Å²) in [6.07, 6.45) is 13.6. The molecule has 0 spiro atoms. The van der Waals surface area contributed by atoms with Crippen molar-refractivity contribution in [3.8, 4) is 5.75 Å². The molecule has 0 unspecified atom stereocenters. The third-order valence-corrected chi connectivity index (χ3v) is 4.82. The van der Waals surface area contributed by atoms with Crippen LogP contribution >= 0.6 is 11.8 Å². The second-order valence-corrected chi connectivity index (χ2v) is 7.43. The average molecular weight is 436 g/mol. The van der Waals surface area contributed by atoms with Crippen molar-refractivity contribution in [3.63, 3.8) is 0 Å². The summed E-state index contributed by atoms with van der Waals surface area (Å²) in [6, 6.07) is 9.74. The molecule has 2 rings (SSSR count). The molecule has 0 bridgehead atoms. The van der Waals surface area contributed by atoms with Crippen LogP contribution in [0.4, 0.5) is 0 Å². The molecule has 1 aromatic carbocycles. The van der Waals surface area contributed by atoms with E-state index in [4.69, 9.17) is 9.73 Å². The zero-order valence-corrected chi connectivity index (χ0v) is 19.3. The number of nitrogens with one attached hydrogen (secondary N) is 1. The lowest BCUT2D eigenvalue weighted by atomic mass is 10.1. The molecule has 0 aliphatic rings. The van der Waals surface area contributed by atoms with Crippen molar-refractivity contribution in [1.29, 1.82) is 0 Å². The summed E-state index contributed by atoms with van der Waals surface area (Å²) in [6.45, 7) is 4.15. The highest BCUT2D eigenvalue weighted by Gasteiger charge is 2.12. The second kappa shape index (κ2) is 13.2. The summed E-state index contributed by atoms with van der Waals surface area (Å²) in [5.74, 6) is 1.36. The number of thioether (sulfide) groups is 1. The Labute approximate surface area is 189 Å². The number of aryl methyl sites for hydroxylation is 1. The van der Waals surface area contributed by atoms with E-state index in [2.05, 4.69) is 23.3 Å². The first-order valence-electron chi connectivity index (χ1n) is 10.1. The Morgan fingerprint density at radius 3 is 2.81 bits per heavy atom. The van der Waals surface area contributed by atoms with Gasteiger partial charge >= 0.3 is 0 Å². The summed E-state index contributed by atoms with van der Waals surface area (Å²) in [5.41, 5.74) is 4.31. The molecule has 0 amide bonds. The van der Waals surface area contributed by atoms with Gasteiger partial charge < -0.3 is 10.1 Å². The highest BCUT2D eigenvalue weighted by Crippen LogP contribution is 2.22. The van der Waals surface area contributed by atoms with E-state index in [1.165, 1.54) is 6.08 Å². The number of benzene rings is 1. The smallest absolute Gasteiger partial charge is 0.144 e. The number of unbranched alkanes of at least 4 members (excludes halogenated alkanes) is 1. The highest BCUT2D eigenvalue weighted by atomic mass is 32.2. The number of methoxy groups -OCH3 is 1. The Morgan fingerprint density at radius 2 is 2.16 bits per heavy atom. The summed E-state index contributed by atoms with van der Waals surface area (Å²) < 4.78 is 5.44. The summed E-state index contributed by atoms with van der Waals surface area (Å²) in [5, 5.41) is 5.25. The Morgan fingerprint density at radius 1 is 1.32 bits per heavy atom. The van der Waals surface area contributed by atoms with Gasteiger partial charge in [-0.15, -0.1) is 11.8 Å². The van der Waals surface area contributed by atoms with E-state index in [9.17, 15) is 4.79 Å². The normalized spacial score (nSPS) is 12.8. The molecule has 6 heteroatoms. The number of amidine groups is 1. The summed E-state index contributed by atoms with van der Waals surface area (Å²) >= 11 is 1.55. The molecule has 0 aliphatic carbocycles. The fourth-order valence-electron chi connectivity index (χ4n) is 2.77. The topological polar surface area (TPSA) is 63.6 Å². The molecule has 5 nitrogen and oxygen atoms in total. The van der Waals surface area contributed by atoms with E-state index in [-0.39, 0.29) is 0 Å². The Kier molecular flexibility index (Phi) is 10.3. The molecule has 31 heavy (non-hydrogen) atoms. The van der Waals surface area contributed by atoms with Crippen LogP contribution in [0.1, 0.15) is 36.5 Å². The van der Waals surface area contributed by atoms with Crippen LogP contribution in [-0.2, 0) is 4.79 Å². The van der Waals surface area contributed by atoms with E-state index in [1.54, 1.807) is 31.3 Å². The predicted molar refractivity (Wildman–Crippen MR) is 131 cm³/mol. The molecular formula is C25H29N3O2S. The van der Waals surface area contributed by atoms with E-state index >= 15 is 0 Å². The van der Waals surface area contributed by atoms with E-state index in [0.717, 1.165) is 47.3 Å². The molecule has 0 saturated carbocycles. The first-order valence-corrected chi connectivity index (χ1v) is 11.4. The number of hydrogen-bond acceptors (Lipinski definition) is 5. The monoisotopic (exact) mass is 435 g/mol. The van der Waals surface area contributed by atoms with Gasteiger partial charge in [-0.2, -0.15) is 0 Å². The number of rotatable bonds is 10. The van der Waals surface area contributed by atoms with E-state index in [1.807, 2.05) is 55.0 Å². The fourth-order valence-corrected chi connectivity index (χ4v) is 3.06. The van der Waals surface area contributed by atoms with Crippen molar-refractivity contribution >= 4 is 29.6 Å². The first kappa shape index (κ1) is 24.2. The lowest BCUT2D eigenvalue weighted by molar-refractivity contribution is -0.104. The van der Waals surface area contributed by atoms with Crippen molar-refractivity contribution < 1.29 is 9.53 Å². The van der Waals surface area contributed by atoms with Crippen LogP contribution in [-0.4, -0.2) is 30.5 Å². The SMILES string of the molecule is CCC/C=C(/N=C(NC(/C=C\SC)=C\C=O)c1cc(OC)ccc1C)c1cccnc1. The van der Waals surface area contributed by atoms with E-state index < -0.39 is 0 Å². The standard InChI is InChI=1S/C25H29N3O2S/c1-5-6-9-24(20-8-7-14-26-18-20)28-25(27-21(12-15-29)13-16-31-4)23-17-22(30-3)11-10-19(23)2/h7-18H,5-6H2,1-4H3,(H,27,28)/b16-13-,21-12-,24-9+. The number of aldehydes is 1. The molecule has 0 fully saturated rings. The molecule has 1 N–H and O–H groups in total. The predicted octanol–water partition coefficient (Wildman–Crippen LogP) is 5.54. The average Bonchev–Trinajstić information content (AvgIpc) is 2.80. The third kappa shape index (κ3) is 7.57. The molecular weight excluding hydrogens is 406 g/mol. The highest BCUT2D eigenvalue weighted by molar-refractivity contribution is 8.01. The molecule has 2 aromatic rings. The number of carbonyl (C=O) groups excluding carboxylic acids is 1. The summed E-state index contributed by atoms with van der Waals surface area (Å²) in [4.78, 5) is 20.5. The lowest BCUT2D eigenvalue weighted by Crippen LogP contribution is -2.24. The zero-order valence-electron chi connectivity index (χ0n) is 18.5. The van der Waals surface area contributed by atoms with Crippen LogP contribution in [0.25, 0.3) is 5.70 Å². The number of hydrogen-bond donors (Lipinski definition) is 1. The maximum Gasteiger partial charge on any atom is 0.144 e. The molecule has 0 saturated heterocycles. The van der Waals surface area contributed by atoms with Crippen LogP contribution in [0.3, 0.4) is 0 Å². The van der Waals surface area contributed by atoms with Gasteiger partial charge in [0.1, 0.15) is 17.9 Å². The maximum atomic E-state index is 11.2. The van der Waals surface area contributed by atoms with Crippen molar-refractivity contribution in [3.05, 3.63) is 88.7 Å². The molecule has 0 atom stereocenters. The fraction of sp³-hybridized carbons (Fsp3) is 0.240. The van der Waals surface area contributed by atoms with Gasteiger partial charge in [-0.3, -0.25) is 9.78 Å². The number of allylic oxidation sites excluding steroid dienone is 3. The van der Waals surface area contributed by atoms with Gasteiger partial charge in [-0.05, 0) is 60.9 Å². The van der Waals surface area contributed by atoms with Gasteiger partial charge in [0.25, 0.3) is 0 Å². The van der Waals surface area contributed by atoms with Gasteiger partial charge in [0.2, 0.25) is 0 Å². The minimum atomic E-state index is 0.626. The van der Waals surface area contributed by atoms with Crippen LogP contribution < -0.4 is 10.1 Å². The third-order valence-electron chi connectivity index (χ3n) is 4.41. The largest absolute Gasteiger partial charge is 0.497 e. The molecule has 1 heterocycles. The minimum absolute atomic E-state index is 0.626. The lowest BCUT2D eigenvalue weighted by Gasteiger charge is -2.15. The minimum Gasteiger partial charge on any atom is -0.497 e. The van der Waals surface area contributed by atoms with Crippen LogP contribution in [0.5, 0.6) is 5.75 Å². The van der Waals surface area contributed by atoms with Gasteiger partial charge in [0, 0.05) is 35.3 Å². The Bertz CT molecular complexity index is 980. The number of aromatic nitrogens is 1. The van der Waals surface area contributed by atoms with Crippen molar-refractivity contribution in [2.75, 3.05) is 13.4 Å². The van der Waals surface area contributed by atoms with Crippen LogP contribution in [0, 0.1) is 6.92 Å². The Hall–Kier alpha value is -3.12. The maximum absolute atomic E-state index is 11.2. The number of nitrogens with zero attached hydrogens (tertiary/aromatic N) is 2. The number of pyridine rings is 1. The molecule has 162 valence electrons. The molecule has 0 radical (unpaired) electrons. The van der Waals surface area contributed by atoms with Gasteiger partial charge in [0.15, 0.2) is 0 Å². The quantitative estimate of drug-likeness (QED) is 0.175. The van der Waals surface area contributed by atoms with Crippen molar-refractivity contribution in [1.82, 2.24) is 10.3 Å². The number of aliphatic imine (C=N–C) groups is 1. The van der Waals surface area contributed by atoms with Crippen LogP contribution in [0.15, 0.2) is 77.1 Å². The van der Waals surface area contributed by atoms with Crippen molar-refractivity contribution in [2.45, 2.75) is 26.7 Å². The van der Waals surface area contributed by atoms with Crippen molar-refractivity contribution in [2.24, 2.45) is 4.99 Å². The molecule has 0 aliphatic heterocycles. The zero-order chi connectivity index (χ0) is 22.5. The Balaban J connectivity index is 2.65. The van der Waals surface area contributed by atoms with Crippen LogP contribution in [0.2, 0.25) is 0 Å².